The maximum absolute atomic E-state index is 11.3. The van der Waals surface area contributed by atoms with Crippen LogP contribution in [0.2, 0.25) is 0 Å². The average Bonchev–Trinajstić information content (AvgIpc) is 2.07. The highest BCUT2D eigenvalue weighted by molar-refractivity contribution is 7.53. The zero-order valence-electron chi connectivity index (χ0n) is 6.23. The third-order valence-corrected chi connectivity index (χ3v) is 2.80. The zero-order chi connectivity index (χ0) is 8.10. The highest BCUT2D eigenvalue weighted by atomic mass is 31.1. The van der Waals surface area contributed by atoms with Gasteiger partial charge < -0.3 is 0 Å². The van der Waals surface area contributed by atoms with Crippen LogP contribution in [0.15, 0.2) is 43.0 Å². The summed E-state index contributed by atoms with van der Waals surface area (Å²) in [4.78, 5) is 0. The lowest BCUT2D eigenvalue weighted by Gasteiger charge is -1.95. The molecule has 0 bridgehead atoms. The van der Waals surface area contributed by atoms with Crippen LogP contribution in [-0.2, 0) is 4.57 Å². The fourth-order valence-corrected chi connectivity index (χ4v) is 1.77. The lowest BCUT2D eigenvalue weighted by Crippen LogP contribution is -1.94. The van der Waals surface area contributed by atoms with Crippen molar-refractivity contribution in [1.29, 1.82) is 0 Å². The van der Waals surface area contributed by atoms with Gasteiger partial charge in [0.1, 0.15) is 7.80 Å². The Morgan fingerprint density at radius 2 is 2.00 bits per heavy atom. The lowest BCUT2D eigenvalue weighted by molar-refractivity contribution is 0.594. The molecule has 1 rings (SSSR count). The van der Waals surface area contributed by atoms with Gasteiger partial charge in [-0.15, -0.1) is 6.58 Å². The van der Waals surface area contributed by atoms with E-state index in [0.29, 0.717) is 6.16 Å². The standard InChI is InChI=1S/C9H10OP/c1-2-8-11(10)9-6-4-3-5-7-9/h2-7H,1,8H2. The molecule has 1 unspecified atom stereocenters. The quantitative estimate of drug-likeness (QED) is 0.496. The maximum Gasteiger partial charge on any atom is 0.108 e. The Labute approximate surface area is 67.5 Å². The normalized spacial score (nSPS) is 10.7. The lowest BCUT2D eigenvalue weighted by atomic mass is 10.4. The summed E-state index contributed by atoms with van der Waals surface area (Å²) in [7, 11) is -1.24. The molecule has 0 amide bonds. The third kappa shape index (κ3) is 2.28. The van der Waals surface area contributed by atoms with Crippen molar-refractivity contribution in [2.24, 2.45) is 0 Å². The van der Waals surface area contributed by atoms with Crippen molar-refractivity contribution in [2.45, 2.75) is 0 Å². The van der Waals surface area contributed by atoms with E-state index in [0.717, 1.165) is 5.30 Å². The molecule has 0 aliphatic rings. The van der Waals surface area contributed by atoms with E-state index in [2.05, 4.69) is 6.58 Å². The second kappa shape index (κ2) is 4.05. The van der Waals surface area contributed by atoms with E-state index < -0.39 is 7.80 Å². The van der Waals surface area contributed by atoms with Gasteiger partial charge in [-0.3, -0.25) is 4.57 Å². The molecule has 0 spiro atoms. The first kappa shape index (κ1) is 8.16. The molecule has 11 heavy (non-hydrogen) atoms. The van der Waals surface area contributed by atoms with Crippen molar-refractivity contribution in [3.05, 3.63) is 43.0 Å². The Morgan fingerprint density at radius 3 is 2.55 bits per heavy atom. The Hall–Kier alpha value is -0.940. The molecule has 0 saturated heterocycles. The van der Waals surface area contributed by atoms with E-state index in [1.54, 1.807) is 6.08 Å². The van der Waals surface area contributed by atoms with E-state index in [4.69, 9.17) is 0 Å². The summed E-state index contributed by atoms with van der Waals surface area (Å²) in [5.41, 5.74) is 0. The second-order valence-electron chi connectivity index (χ2n) is 2.19. The number of hydrogen-bond acceptors (Lipinski definition) is 1. The van der Waals surface area contributed by atoms with Crippen LogP contribution in [0.3, 0.4) is 0 Å². The summed E-state index contributed by atoms with van der Waals surface area (Å²) in [6.45, 7) is 3.54. The maximum atomic E-state index is 11.3. The van der Waals surface area contributed by atoms with Crippen molar-refractivity contribution in [1.82, 2.24) is 0 Å². The Morgan fingerprint density at radius 1 is 1.36 bits per heavy atom. The minimum Gasteiger partial charge on any atom is -0.282 e. The molecule has 0 aromatic heterocycles. The molecule has 0 aliphatic heterocycles. The van der Waals surface area contributed by atoms with Crippen molar-refractivity contribution in [3.63, 3.8) is 0 Å². The van der Waals surface area contributed by atoms with Gasteiger partial charge in [-0.05, 0) is 12.1 Å². The summed E-state index contributed by atoms with van der Waals surface area (Å²) in [5, 5.41) is 0.905. The predicted octanol–water partition coefficient (Wildman–Crippen LogP) is 2.33. The van der Waals surface area contributed by atoms with Crippen LogP contribution in [0.1, 0.15) is 0 Å². The first-order chi connectivity index (χ1) is 5.34. The number of benzene rings is 1. The van der Waals surface area contributed by atoms with Crippen LogP contribution < -0.4 is 5.30 Å². The molecule has 1 aromatic carbocycles. The van der Waals surface area contributed by atoms with E-state index in [-0.39, 0.29) is 0 Å². The summed E-state index contributed by atoms with van der Waals surface area (Å²) in [5.74, 6) is 0. The molecule has 0 fully saturated rings. The van der Waals surface area contributed by atoms with Crippen LogP contribution in [-0.4, -0.2) is 6.16 Å². The van der Waals surface area contributed by atoms with Gasteiger partial charge in [0.15, 0.2) is 0 Å². The first-order valence-corrected chi connectivity index (χ1v) is 4.89. The molecule has 0 saturated carbocycles. The van der Waals surface area contributed by atoms with E-state index in [9.17, 15) is 4.57 Å². The van der Waals surface area contributed by atoms with Gasteiger partial charge in [0, 0.05) is 11.5 Å². The van der Waals surface area contributed by atoms with Crippen LogP contribution in [0.25, 0.3) is 0 Å². The summed E-state index contributed by atoms with van der Waals surface area (Å²) < 4.78 is 11.3. The Bertz CT molecular complexity index is 254. The van der Waals surface area contributed by atoms with E-state index >= 15 is 0 Å². The highest BCUT2D eigenvalue weighted by Crippen LogP contribution is 2.18. The first-order valence-electron chi connectivity index (χ1n) is 3.45. The van der Waals surface area contributed by atoms with Crippen LogP contribution in [0.5, 0.6) is 0 Å². The van der Waals surface area contributed by atoms with Gasteiger partial charge in [0.25, 0.3) is 0 Å². The minimum atomic E-state index is -1.24. The smallest absolute Gasteiger partial charge is 0.108 e. The van der Waals surface area contributed by atoms with Gasteiger partial charge in [-0.25, -0.2) is 0 Å². The number of rotatable bonds is 3. The molecule has 1 nitrogen and oxygen atoms in total. The van der Waals surface area contributed by atoms with Gasteiger partial charge in [-0.2, -0.15) is 0 Å². The van der Waals surface area contributed by atoms with Gasteiger partial charge in [0.2, 0.25) is 0 Å². The highest BCUT2D eigenvalue weighted by Gasteiger charge is 1.98. The van der Waals surface area contributed by atoms with Crippen molar-refractivity contribution in [2.75, 3.05) is 6.16 Å². The predicted molar refractivity (Wildman–Crippen MR) is 48.7 cm³/mol. The van der Waals surface area contributed by atoms with Crippen LogP contribution in [0, 0.1) is 0 Å². The number of hydrogen-bond donors (Lipinski definition) is 0. The molecular weight excluding hydrogens is 155 g/mol. The number of allylic oxidation sites excluding steroid dienone is 1. The molecule has 2 heteroatoms. The SMILES string of the molecule is C=CC[P](=O)c1ccccc1. The van der Waals surface area contributed by atoms with Crippen molar-refractivity contribution < 1.29 is 4.57 Å². The summed E-state index contributed by atoms with van der Waals surface area (Å²) >= 11 is 0. The van der Waals surface area contributed by atoms with Gasteiger partial charge in [0.05, 0.1) is 0 Å². The van der Waals surface area contributed by atoms with Crippen LogP contribution >= 0.6 is 7.80 Å². The summed E-state index contributed by atoms with van der Waals surface area (Å²) in [6, 6.07) is 9.46. The van der Waals surface area contributed by atoms with Gasteiger partial charge in [-0.1, -0.05) is 24.3 Å². The molecule has 57 valence electrons. The van der Waals surface area contributed by atoms with Crippen molar-refractivity contribution >= 4 is 13.1 Å². The average molecular weight is 165 g/mol. The molecule has 0 heterocycles. The molecule has 1 atom stereocenters. The molecule has 1 aromatic rings. The fourth-order valence-electron chi connectivity index (χ4n) is 0.817. The fraction of sp³-hybridized carbons (Fsp3) is 0.111. The van der Waals surface area contributed by atoms with Crippen LogP contribution in [0.4, 0.5) is 0 Å². The van der Waals surface area contributed by atoms with E-state index in [1.165, 1.54) is 0 Å². The monoisotopic (exact) mass is 165 g/mol. The largest absolute Gasteiger partial charge is 0.282 e. The molecule has 0 N–H and O–H groups in total. The van der Waals surface area contributed by atoms with E-state index in [1.807, 2.05) is 30.3 Å². The third-order valence-electron chi connectivity index (χ3n) is 1.34. The molecule has 0 aliphatic carbocycles. The molecular formula is C9H10OP. The van der Waals surface area contributed by atoms with Crippen molar-refractivity contribution in [3.8, 4) is 0 Å². The van der Waals surface area contributed by atoms with Gasteiger partial charge >= 0.3 is 0 Å². The Kier molecular flexibility index (Phi) is 3.00. The zero-order valence-corrected chi connectivity index (χ0v) is 7.13. The Balaban J connectivity index is 2.77. The molecule has 1 radical (unpaired) electrons. The second-order valence-corrected chi connectivity index (χ2v) is 3.82. The summed E-state index contributed by atoms with van der Waals surface area (Å²) in [6.07, 6.45) is 2.26. The minimum absolute atomic E-state index is 0.569. The topological polar surface area (TPSA) is 17.1 Å².